The fraction of sp³-hybridized carbons (Fsp3) is 0.938. The van der Waals surface area contributed by atoms with Gasteiger partial charge in [0.1, 0.15) is 5.54 Å². The Hall–Kier alpha value is -0.630. The summed E-state index contributed by atoms with van der Waals surface area (Å²) in [7, 11) is 0. The standard InChI is InChI=1S/C16H30N4/c1-3-18-16(2,14-17)8-5-9-19-10-6-12-20-11-4-7-15(20)13-19/h15,18H,3-13H2,1-2H3. The molecule has 2 saturated heterocycles. The van der Waals surface area contributed by atoms with E-state index in [2.05, 4.69) is 28.1 Å². The lowest BCUT2D eigenvalue weighted by Gasteiger charge is -2.27. The molecule has 2 atom stereocenters. The molecule has 114 valence electrons. The van der Waals surface area contributed by atoms with Crippen molar-refractivity contribution < 1.29 is 0 Å². The SMILES string of the molecule is CCNC(C)(C#N)CCCN1CCCN2CCCC2C1. The molecule has 0 spiro atoms. The largest absolute Gasteiger partial charge is 0.302 e. The maximum atomic E-state index is 9.29. The van der Waals surface area contributed by atoms with Crippen LogP contribution < -0.4 is 5.32 Å². The van der Waals surface area contributed by atoms with Crippen LogP contribution in [0.2, 0.25) is 0 Å². The highest BCUT2D eigenvalue weighted by Gasteiger charge is 2.29. The summed E-state index contributed by atoms with van der Waals surface area (Å²) >= 11 is 0. The highest BCUT2D eigenvalue weighted by molar-refractivity contribution is 5.03. The van der Waals surface area contributed by atoms with Crippen LogP contribution >= 0.6 is 0 Å². The van der Waals surface area contributed by atoms with E-state index >= 15 is 0 Å². The van der Waals surface area contributed by atoms with Crippen molar-refractivity contribution in [3.8, 4) is 6.07 Å². The molecule has 2 fully saturated rings. The highest BCUT2D eigenvalue weighted by Crippen LogP contribution is 2.22. The van der Waals surface area contributed by atoms with E-state index in [0.29, 0.717) is 0 Å². The molecule has 0 radical (unpaired) electrons. The first-order chi connectivity index (χ1) is 9.67. The molecule has 0 saturated carbocycles. The van der Waals surface area contributed by atoms with E-state index < -0.39 is 0 Å². The van der Waals surface area contributed by atoms with Gasteiger partial charge in [0.05, 0.1) is 6.07 Å². The molecule has 1 N–H and O–H groups in total. The van der Waals surface area contributed by atoms with E-state index in [1.54, 1.807) is 0 Å². The minimum atomic E-state index is -0.347. The average Bonchev–Trinajstić information content (AvgIpc) is 2.78. The van der Waals surface area contributed by atoms with Gasteiger partial charge < -0.3 is 4.90 Å². The predicted octanol–water partition coefficient (Wildman–Crippen LogP) is 1.83. The average molecular weight is 278 g/mol. The molecule has 0 aliphatic carbocycles. The maximum Gasteiger partial charge on any atom is 0.103 e. The molecule has 2 aliphatic rings. The van der Waals surface area contributed by atoms with Crippen LogP contribution in [-0.2, 0) is 0 Å². The molecule has 0 aromatic heterocycles. The Labute approximate surface area is 124 Å². The van der Waals surface area contributed by atoms with E-state index in [0.717, 1.165) is 32.0 Å². The molecule has 0 aromatic carbocycles. The molecular weight excluding hydrogens is 248 g/mol. The van der Waals surface area contributed by atoms with Crippen LogP contribution in [0.1, 0.15) is 46.0 Å². The Balaban J connectivity index is 1.74. The van der Waals surface area contributed by atoms with Crippen molar-refractivity contribution in [3.05, 3.63) is 0 Å². The number of fused-ring (bicyclic) bond motifs is 1. The molecule has 2 rings (SSSR count). The van der Waals surface area contributed by atoms with Crippen LogP contribution in [0.25, 0.3) is 0 Å². The molecule has 4 heteroatoms. The molecular formula is C16H30N4. The second kappa shape index (κ2) is 7.40. The van der Waals surface area contributed by atoms with Gasteiger partial charge in [-0.05, 0) is 71.8 Å². The Kier molecular flexibility index (Phi) is 5.83. The van der Waals surface area contributed by atoms with Crippen molar-refractivity contribution in [2.24, 2.45) is 0 Å². The van der Waals surface area contributed by atoms with Crippen molar-refractivity contribution in [2.75, 3.05) is 39.3 Å². The first-order valence-electron chi connectivity index (χ1n) is 8.29. The monoisotopic (exact) mass is 278 g/mol. The third kappa shape index (κ3) is 4.18. The van der Waals surface area contributed by atoms with Crippen LogP contribution in [0.4, 0.5) is 0 Å². The smallest absolute Gasteiger partial charge is 0.103 e. The molecule has 0 aromatic rings. The third-order valence-corrected chi connectivity index (χ3v) is 4.85. The number of rotatable bonds is 6. The Morgan fingerprint density at radius 2 is 2.10 bits per heavy atom. The molecule has 20 heavy (non-hydrogen) atoms. The number of hydrogen-bond acceptors (Lipinski definition) is 4. The van der Waals surface area contributed by atoms with Crippen molar-refractivity contribution in [1.82, 2.24) is 15.1 Å². The van der Waals surface area contributed by atoms with Gasteiger partial charge in [-0.2, -0.15) is 5.26 Å². The van der Waals surface area contributed by atoms with E-state index in [-0.39, 0.29) is 5.54 Å². The lowest BCUT2D eigenvalue weighted by molar-refractivity contribution is 0.214. The number of hydrogen-bond donors (Lipinski definition) is 1. The van der Waals surface area contributed by atoms with Gasteiger partial charge in [-0.1, -0.05) is 6.92 Å². The van der Waals surface area contributed by atoms with Gasteiger partial charge >= 0.3 is 0 Å². The Morgan fingerprint density at radius 1 is 1.30 bits per heavy atom. The first-order valence-corrected chi connectivity index (χ1v) is 8.29. The topological polar surface area (TPSA) is 42.3 Å². The molecule has 2 aliphatic heterocycles. The van der Waals surface area contributed by atoms with Crippen LogP contribution in [0.3, 0.4) is 0 Å². The summed E-state index contributed by atoms with van der Waals surface area (Å²) in [4.78, 5) is 5.30. The fourth-order valence-corrected chi connectivity index (χ4v) is 3.72. The van der Waals surface area contributed by atoms with Crippen LogP contribution in [0.5, 0.6) is 0 Å². The van der Waals surface area contributed by atoms with Crippen LogP contribution in [-0.4, -0.2) is 60.6 Å². The van der Waals surface area contributed by atoms with E-state index in [1.807, 2.05) is 6.92 Å². The zero-order valence-corrected chi connectivity index (χ0v) is 13.2. The summed E-state index contributed by atoms with van der Waals surface area (Å²) in [6, 6.07) is 3.23. The molecule has 2 heterocycles. The Bertz CT molecular complexity index is 338. The lowest BCUT2D eigenvalue weighted by Crippen LogP contribution is -2.42. The molecule has 0 bridgehead atoms. The minimum Gasteiger partial charge on any atom is -0.302 e. The maximum absolute atomic E-state index is 9.29. The number of nitrogens with zero attached hydrogens (tertiary/aromatic N) is 3. The van der Waals surface area contributed by atoms with E-state index in [9.17, 15) is 5.26 Å². The molecule has 2 unspecified atom stereocenters. The van der Waals surface area contributed by atoms with E-state index in [1.165, 1.54) is 45.4 Å². The van der Waals surface area contributed by atoms with Crippen molar-refractivity contribution in [2.45, 2.75) is 57.5 Å². The second-order valence-corrected chi connectivity index (χ2v) is 6.56. The number of nitrogens with one attached hydrogen (secondary N) is 1. The lowest BCUT2D eigenvalue weighted by atomic mass is 9.97. The summed E-state index contributed by atoms with van der Waals surface area (Å²) in [5.74, 6) is 0. The van der Waals surface area contributed by atoms with Gasteiger partial charge in [0, 0.05) is 12.6 Å². The van der Waals surface area contributed by atoms with Crippen LogP contribution in [0, 0.1) is 11.3 Å². The van der Waals surface area contributed by atoms with Gasteiger partial charge in [-0.3, -0.25) is 10.2 Å². The summed E-state index contributed by atoms with van der Waals surface area (Å²) in [5, 5.41) is 12.6. The Morgan fingerprint density at radius 3 is 2.85 bits per heavy atom. The van der Waals surface area contributed by atoms with Crippen molar-refractivity contribution in [3.63, 3.8) is 0 Å². The highest BCUT2D eigenvalue weighted by atomic mass is 15.3. The van der Waals surface area contributed by atoms with E-state index in [4.69, 9.17) is 0 Å². The van der Waals surface area contributed by atoms with Gasteiger partial charge in [0.2, 0.25) is 0 Å². The van der Waals surface area contributed by atoms with Crippen molar-refractivity contribution >= 4 is 0 Å². The van der Waals surface area contributed by atoms with Gasteiger partial charge in [0.25, 0.3) is 0 Å². The van der Waals surface area contributed by atoms with Crippen LogP contribution in [0.15, 0.2) is 0 Å². The molecule has 0 amide bonds. The zero-order chi connectivity index (χ0) is 14.4. The normalized spacial score (nSPS) is 27.6. The summed E-state index contributed by atoms with van der Waals surface area (Å²) in [6.45, 7) is 11.2. The zero-order valence-electron chi connectivity index (χ0n) is 13.2. The minimum absolute atomic E-state index is 0.347. The first kappa shape index (κ1) is 15.8. The van der Waals surface area contributed by atoms with Gasteiger partial charge in [-0.15, -0.1) is 0 Å². The third-order valence-electron chi connectivity index (χ3n) is 4.85. The predicted molar refractivity (Wildman–Crippen MR) is 82.6 cm³/mol. The summed E-state index contributed by atoms with van der Waals surface area (Å²) < 4.78 is 0. The fourth-order valence-electron chi connectivity index (χ4n) is 3.72. The van der Waals surface area contributed by atoms with Crippen molar-refractivity contribution in [1.29, 1.82) is 5.26 Å². The molecule has 4 nitrogen and oxygen atoms in total. The van der Waals surface area contributed by atoms with Gasteiger partial charge in [0.15, 0.2) is 0 Å². The summed E-state index contributed by atoms with van der Waals surface area (Å²) in [5.41, 5.74) is -0.347. The number of nitriles is 1. The summed E-state index contributed by atoms with van der Waals surface area (Å²) in [6.07, 6.45) is 6.13. The second-order valence-electron chi connectivity index (χ2n) is 6.56. The quantitative estimate of drug-likeness (QED) is 0.805. The van der Waals surface area contributed by atoms with Gasteiger partial charge in [-0.25, -0.2) is 0 Å².